The smallest absolute Gasteiger partial charge is 0.251 e. The van der Waals surface area contributed by atoms with Gasteiger partial charge in [0.2, 0.25) is 5.91 Å². The van der Waals surface area contributed by atoms with Crippen LogP contribution in [-0.2, 0) is 9.59 Å². The molecule has 0 bridgehead atoms. The van der Waals surface area contributed by atoms with Crippen molar-refractivity contribution in [3.8, 4) is 0 Å². The number of nitrogens with zero attached hydrogens (tertiary/aromatic N) is 5. The molecule has 1 aromatic heterocycles. The highest BCUT2D eigenvalue weighted by Crippen LogP contribution is 2.48. The molecular formula is C20H23N5O2S. The van der Waals surface area contributed by atoms with Crippen LogP contribution in [-0.4, -0.2) is 63.5 Å². The van der Waals surface area contributed by atoms with Crippen molar-refractivity contribution >= 4 is 46.2 Å². The van der Waals surface area contributed by atoms with Gasteiger partial charge < -0.3 is 9.80 Å². The molecule has 1 aromatic carbocycles. The van der Waals surface area contributed by atoms with Gasteiger partial charge in [-0.2, -0.15) is 0 Å². The van der Waals surface area contributed by atoms with Crippen molar-refractivity contribution in [2.75, 3.05) is 35.7 Å². The molecule has 2 saturated heterocycles. The van der Waals surface area contributed by atoms with Crippen LogP contribution in [0.2, 0.25) is 0 Å². The average Bonchev–Trinajstić information content (AvgIpc) is 3.13. The summed E-state index contributed by atoms with van der Waals surface area (Å²) in [7, 11) is 1.99. The summed E-state index contributed by atoms with van der Waals surface area (Å²) in [6.45, 7) is 3.47. The minimum absolute atomic E-state index is 0.0346. The molecule has 0 radical (unpaired) electrons. The van der Waals surface area contributed by atoms with Crippen LogP contribution >= 0.6 is 11.8 Å². The van der Waals surface area contributed by atoms with Crippen LogP contribution in [0, 0.1) is 0 Å². The van der Waals surface area contributed by atoms with Gasteiger partial charge in [0.05, 0.1) is 15.9 Å². The fourth-order valence-corrected chi connectivity index (χ4v) is 5.92. The summed E-state index contributed by atoms with van der Waals surface area (Å²) in [5.74, 6) is 2.03. The minimum Gasteiger partial charge on any atom is -0.357 e. The Morgan fingerprint density at radius 3 is 2.64 bits per heavy atom. The van der Waals surface area contributed by atoms with Gasteiger partial charge in [-0.25, -0.2) is 9.97 Å². The molecule has 0 unspecified atom stereocenters. The number of aromatic nitrogens is 2. The highest BCUT2D eigenvalue weighted by Gasteiger charge is 2.54. The molecular weight excluding hydrogens is 374 g/mol. The van der Waals surface area contributed by atoms with Crippen molar-refractivity contribution in [1.29, 1.82) is 0 Å². The molecule has 0 saturated carbocycles. The van der Waals surface area contributed by atoms with Gasteiger partial charge in [-0.05, 0) is 31.9 Å². The largest absolute Gasteiger partial charge is 0.357 e. The van der Waals surface area contributed by atoms with E-state index in [0.29, 0.717) is 24.5 Å². The van der Waals surface area contributed by atoms with Crippen molar-refractivity contribution in [3.63, 3.8) is 0 Å². The number of fused-ring (bicyclic) bond motifs is 3. The maximum absolute atomic E-state index is 13.6. The van der Waals surface area contributed by atoms with E-state index in [1.807, 2.05) is 36.2 Å². The minimum atomic E-state index is -0.422. The highest BCUT2D eigenvalue weighted by molar-refractivity contribution is 8.01. The Morgan fingerprint density at radius 2 is 1.89 bits per heavy atom. The van der Waals surface area contributed by atoms with Crippen molar-refractivity contribution < 1.29 is 9.59 Å². The lowest BCUT2D eigenvalue weighted by Crippen LogP contribution is -2.51. The molecule has 2 amide bonds. The van der Waals surface area contributed by atoms with E-state index >= 15 is 0 Å². The molecule has 2 atom stereocenters. The number of carbonyl (C=O) groups excluding carboxylic acids is 2. The number of amides is 2. The first-order chi connectivity index (χ1) is 13.5. The van der Waals surface area contributed by atoms with E-state index < -0.39 is 6.04 Å². The highest BCUT2D eigenvalue weighted by atomic mass is 32.2. The number of rotatable bonds is 1. The number of para-hydroxylation sites is 2. The molecule has 3 aliphatic heterocycles. The Hall–Kier alpha value is -2.35. The first kappa shape index (κ1) is 17.7. The summed E-state index contributed by atoms with van der Waals surface area (Å²) in [5, 5.41) is 0. The predicted octanol–water partition coefficient (Wildman–Crippen LogP) is 2.26. The van der Waals surface area contributed by atoms with Gasteiger partial charge in [-0.1, -0.05) is 12.1 Å². The molecule has 2 fully saturated rings. The normalized spacial score (nSPS) is 27.1. The van der Waals surface area contributed by atoms with Crippen molar-refractivity contribution in [1.82, 2.24) is 14.9 Å². The van der Waals surface area contributed by atoms with Crippen LogP contribution in [0.4, 0.5) is 11.6 Å². The number of thioether (sulfide) groups is 1. The molecule has 8 heteroatoms. The van der Waals surface area contributed by atoms with Crippen LogP contribution in [0.15, 0.2) is 24.3 Å². The Balaban J connectivity index is 1.57. The summed E-state index contributed by atoms with van der Waals surface area (Å²) in [6, 6.07) is 7.31. The van der Waals surface area contributed by atoms with Gasteiger partial charge in [0, 0.05) is 32.3 Å². The number of hydrogen-bond donors (Lipinski definition) is 0. The first-order valence-electron chi connectivity index (χ1n) is 9.73. The molecule has 3 aliphatic rings. The second-order valence-corrected chi connectivity index (χ2v) is 9.39. The maximum atomic E-state index is 13.6. The summed E-state index contributed by atoms with van der Waals surface area (Å²) < 4.78 is 0. The second kappa shape index (κ2) is 6.34. The van der Waals surface area contributed by atoms with Gasteiger partial charge >= 0.3 is 0 Å². The lowest BCUT2D eigenvalue weighted by Gasteiger charge is -2.32. The van der Waals surface area contributed by atoms with E-state index in [1.54, 1.807) is 16.7 Å². The van der Waals surface area contributed by atoms with Crippen LogP contribution in [0.25, 0.3) is 11.0 Å². The number of hydrogen-bond acceptors (Lipinski definition) is 6. The zero-order valence-electron chi connectivity index (χ0n) is 16.1. The molecule has 4 heterocycles. The summed E-state index contributed by atoms with van der Waals surface area (Å²) in [4.78, 5) is 41.1. The van der Waals surface area contributed by atoms with E-state index in [1.165, 1.54) is 0 Å². The quantitative estimate of drug-likeness (QED) is 0.735. The lowest BCUT2D eigenvalue weighted by atomic mass is 10.2. The lowest BCUT2D eigenvalue weighted by molar-refractivity contribution is -0.136. The number of carbonyl (C=O) groups is 2. The number of benzene rings is 1. The van der Waals surface area contributed by atoms with E-state index in [-0.39, 0.29) is 16.7 Å². The second-order valence-electron chi connectivity index (χ2n) is 7.89. The third kappa shape index (κ3) is 2.57. The van der Waals surface area contributed by atoms with Crippen LogP contribution in [0.5, 0.6) is 0 Å². The molecule has 146 valence electrons. The average molecular weight is 398 g/mol. The molecule has 0 N–H and O–H groups in total. The summed E-state index contributed by atoms with van der Waals surface area (Å²) >= 11 is 1.72. The topological polar surface area (TPSA) is 69.6 Å². The third-order valence-electron chi connectivity index (χ3n) is 6.02. The van der Waals surface area contributed by atoms with E-state index in [9.17, 15) is 9.59 Å². The summed E-state index contributed by atoms with van der Waals surface area (Å²) in [6.07, 6.45) is 2.17. The van der Waals surface area contributed by atoms with E-state index in [0.717, 1.165) is 36.2 Å². The zero-order valence-corrected chi connectivity index (χ0v) is 16.9. The fourth-order valence-electron chi connectivity index (χ4n) is 4.49. The molecule has 0 aliphatic carbocycles. The van der Waals surface area contributed by atoms with Gasteiger partial charge in [0.1, 0.15) is 6.04 Å². The van der Waals surface area contributed by atoms with Crippen molar-refractivity contribution in [2.45, 2.75) is 37.1 Å². The Morgan fingerprint density at radius 1 is 1.18 bits per heavy atom. The number of anilines is 2. The van der Waals surface area contributed by atoms with Crippen molar-refractivity contribution in [3.05, 3.63) is 24.3 Å². The molecule has 7 nitrogen and oxygen atoms in total. The molecule has 0 spiro atoms. The third-order valence-corrected chi connectivity index (χ3v) is 7.53. The maximum Gasteiger partial charge on any atom is 0.251 e. The Kier molecular flexibility index (Phi) is 4.01. The first-order valence-corrected chi connectivity index (χ1v) is 10.7. The predicted molar refractivity (Wildman–Crippen MR) is 111 cm³/mol. The monoisotopic (exact) mass is 397 g/mol. The zero-order chi connectivity index (χ0) is 19.5. The van der Waals surface area contributed by atoms with Gasteiger partial charge in [-0.15, -0.1) is 11.8 Å². The van der Waals surface area contributed by atoms with E-state index in [2.05, 4.69) is 11.8 Å². The summed E-state index contributed by atoms with van der Waals surface area (Å²) in [5.41, 5.74) is 1.60. The molecule has 5 rings (SSSR count). The van der Waals surface area contributed by atoms with E-state index in [4.69, 9.17) is 9.97 Å². The van der Waals surface area contributed by atoms with Gasteiger partial charge in [-0.3, -0.25) is 14.5 Å². The van der Waals surface area contributed by atoms with Gasteiger partial charge in [0.25, 0.3) is 5.91 Å². The fraction of sp³-hybridized carbons (Fsp3) is 0.500. The standard InChI is InChI=1S/C20H23N5O2S/c1-20-9-8-16(26)25(20)15(12-28-20)19(27)24-11-5-10-23(2)17-18(24)22-14-7-4-3-6-13(14)21-17/h3-4,6-7,15H,5,8-12H2,1-2H3/t15-,20+/m1/s1. The SMILES string of the molecule is CN1CCCN(C(=O)[C@H]2CS[C@@]3(C)CCC(=O)N23)c2nc3ccccc3nc21. The van der Waals surface area contributed by atoms with Gasteiger partial charge in [0.15, 0.2) is 11.6 Å². The van der Waals surface area contributed by atoms with Crippen molar-refractivity contribution in [2.24, 2.45) is 0 Å². The Labute approximate surface area is 168 Å². The van der Waals surface area contributed by atoms with Crippen LogP contribution in [0.3, 0.4) is 0 Å². The molecule has 28 heavy (non-hydrogen) atoms. The Bertz CT molecular complexity index is 982. The van der Waals surface area contributed by atoms with Crippen LogP contribution < -0.4 is 9.80 Å². The van der Waals surface area contributed by atoms with Crippen LogP contribution in [0.1, 0.15) is 26.2 Å². The molecule has 2 aromatic rings.